The number of H-pyrrole nitrogens is 1. The van der Waals surface area contributed by atoms with Crippen molar-refractivity contribution in [1.82, 2.24) is 30.4 Å². The molecule has 7 heteroatoms. The van der Waals surface area contributed by atoms with Crippen LogP contribution in [0.25, 0.3) is 0 Å². The van der Waals surface area contributed by atoms with E-state index in [4.69, 9.17) is 5.73 Å². The molecule has 0 spiro atoms. The largest absolute Gasteiger partial charge is 0.317 e. The lowest BCUT2D eigenvalue weighted by Crippen LogP contribution is -2.13. The predicted octanol–water partition coefficient (Wildman–Crippen LogP) is 0.0252. The Hall–Kier alpha value is -1.76. The monoisotopic (exact) mass is 207 g/mol. The Bertz CT molecular complexity index is 416. The van der Waals surface area contributed by atoms with E-state index in [-0.39, 0.29) is 6.04 Å². The van der Waals surface area contributed by atoms with Crippen molar-refractivity contribution >= 4 is 0 Å². The highest BCUT2D eigenvalue weighted by Gasteiger charge is 2.15. The van der Waals surface area contributed by atoms with E-state index >= 15 is 0 Å². The average molecular weight is 207 g/mol. The first-order valence-corrected chi connectivity index (χ1v) is 4.71. The van der Waals surface area contributed by atoms with Gasteiger partial charge in [0, 0.05) is 17.8 Å². The van der Waals surface area contributed by atoms with Crippen molar-refractivity contribution in [3.63, 3.8) is 0 Å². The van der Waals surface area contributed by atoms with Gasteiger partial charge in [0.1, 0.15) is 0 Å². The minimum Gasteiger partial charge on any atom is -0.317 e. The van der Waals surface area contributed by atoms with E-state index in [0.717, 1.165) is 5.56 Å². The van der Waals surface area contributed by atoms with Crippen molar-refractivity contribution < 1.29 is 0 Å². The predicted molar refractivity (Wildman–Crippen MR) is 52.8 cm³/mol. The lowest BCUT2D eigenvalue weighted by Gasteiger charge is -2.05. The van der Waals surface area contributed by atoms with Gasteiger partial charge in [0.2, 0.25) is 0 Å². The van der Waals surface area contributed by atoms with E-state index in [0.29, 0.717) is 11.9 Å². The van der Waals surface area contributed by atoms with Crippen molar-refractivity contribution in [2.45, 2.75) is 25.9 Å². The molecule has 2 heterocycles. The average Bonchev–Trinajstić information content (AvgIpc) is 2.88. The molecule has 15 heavy (non-hydrogen) atoms. The second-order valence-electron chi connectivity index (χ2n) is 3.60. The third-order valence-corrected chi connectivity index (χ3v) is 2.15. The molecule has 2 rings (SSSR count). The molecule has 1 unspecified atom stereocenters. The fourth-order valence-corrected chi connectivity index (χ4v) is 1.25. The maximum Gasteiger partial charge on any atom is 0.195 e. The quantitative estimate of drug-likeness (QED) is 0.739. The lowest BCUT2D eigenvalue weighted by molar-refractivity contribution is 0.531. The highest BCUT2D eigenvalue weighted by molar-refractivity contribution is 5.17. The van der Waals surface area contributed by atoms with Crippen LogP contribution in [0.5, 0.6) is 0 Å². The number of tetrazole rings is 1. The van der Waals surface area contributed by atoms with E-state index in [2.05, 4.69) is 39.6 Å². The summed E-state index contributed by atoms with van der Waals surface area (Å²) in [7, 11) is 0. The summed E-state index contributed by atoms with van der Waals surface area (Å²) in [6.45, 7) is 4.10. The Labute approximate surface area is 86.7 Å². The van der Waals surface area contributed by atoms with Gasteiger partial charge < -0.3 is 5.73 Å². The molecule has 0 aliphatic rings. The summed E-state index contributed by atoms with van der Waals surface area (Å²) in [6.07, 6.45) is 3.62. The highest BCUT2D eigenvalue weighted by Crippen LogP contribution is 2.15. The molecule has 7 nitrogen and oxygen atoms in total. The molecule has 0 bridgehead atoms. The third kappa shape index (κ3) is 1.86. The molecule has 0 aromatic carbocycles. The molecule has 0 aliphatic carbocycles. The number of hydrogen-bond acceptors (Lipinski definition) is 5. The standard InChI is InChI=1S/C8H13N7/c1-5(2)15-4-6(3-10-15)7(9)8-11-13-14-12-8/h3-5,7H,9H2,1-2H3,(H,11,12,13,14). The lowest BCUT2D eigenvalue weighted by atomic mass is 10.2. The molecule has 2 aromatic rings. The van der Waals surface area contributed by atoms with Crippen molar-refractivity contribution in [3.05, 3.63) is 23.8 Å². The van der Waals surface area contributed by atoms with Gasteiger partial charge in [-0.1, -0.05) is 5.21 Å². The summed E-state index contributed by atoms with van der Waals surface area (Å²) in [5.74, 6) is 0.471. The summed E-state index contributed by atoms with van der Waals surface area (Å²) in [4.78, 5) is 0. The van der Waals surface area contributed by atoms with Gasteiger partial charge in [-0.2, -0.15) is 10.3 Å². The third-order valence-electron chi connectivity index (χ3n) is 2.15. The van der Waals surface area contributed by atoms with Crippen LogP contribution in [0.4, 0.5) is 0 Å². The Morgan fingerprint density at radius 3 is 2.80 bits per heavy atom. The van der Waals surface area contributed by atoms with Crippen molar-refractivity contribution in [1.29, 1.82) is 0 Å². The summed E-state index contributed by atoms with van der Waals surface area (Å²) < 4.78 is 1.84. The van der Waals surface area contributed by atoms with Crippen LogP contribution in [0, 0.1) is 0 Å². The molecule has 0 fully saturated rings. The summed E-state index contributed by atoms with van der Waals surface area (Å²) in [5.41, 5.74) is 6.82. The molecule has 0 radical (unpaired) electrons. The number of nitrogens with zero attached hydrogens (tertiary/aromatic N) is 5. The van der Waals surface area contributed by atoms with Crippen LogP contribution < -0.4 is 5.73 Å². The topological polar surface area (TPSA) is 98.3 Å². The maximum absolute atomic E-state index is 5.94. The summed E-state index contributed by atoms with van der Waals surface area (Å²) >= 11 is 0. The number of nitrogens with one attached hydrogen (secondary N) is 1. The molecule has 0 saturated carbocycles. The normalized spacial score (nSPS) is 13.3. The van der Waals surface area contributed by atoms with Gasteiger partial charge in [0.15, 0.2) is 5.82 Å². The van der Waals surface area contributed by atoms with Gasteiger partial charge >= 0.3 is 0 Å². The van der Waals surface area contributed by atoms with Crippen molar-refractivity contribution in [3.8, 4) is 0 Å². The SMILES string of the molecule is CC(C)n1cc(C(N)c2nn[nH]n2)cn1. The van der Waals surface area contributed by atoms with Crippen LogP contribution in [0.2, 0.25) is 0 Å². The minimum atomic E-state index is -0.378. The minimum absolute atomic E-state index is 0.316. The van der Waals surface area contributed by atoms with Crippen LogP contribution in [0.3, 0.4) is 0 Å². The van der Waals surface area contributed by atoms with E-state index in [1.54, 1.807) is 6.20 Å². The Balaban J connectivity index is 2.23. The molecule has 0 saturated heterocycles. The van der Waals surface area contributed by atoms with Gasteiger partial charge in [-0.3, -0.25) is 4.68 Å². The Morgan fingerprint density at radius 2 is 2.27 bits per heavy atom. The van der Waals surface area contributed by atoms with Crippen molar-refractivity contribution in [2.75, 3.05) is 0 Å². The molecular formula is C8H13N7. The first-order valence-electron chi connectivity index (χ1n) is 4.71. The number of hydrogen-bond donors (Lipinski definition) is 2. The Kier molecular flexibility index (Phi) is 2.46. The van der Waals surface area contributed by atoms with Gasteiger partial charge in [0.05, 0.1) is 12.2 Å². The number of rotatable bonds is 3. The number of aromatic amines is 1. The molecular weight excluding hydrogens is 194 g/mol. The summed E-state index contributed by atoms with van der Waals surface area (Å²) in [6, 6.07) is -0.0625. The van der Waals surface area contributed by atoms with Crippen LogP contribution in [0.15, 0.2) is 12.4 Å². The smallest absolute Gasteiger partial charge is 0.195 e. The van der Waals surface area contributed by atoms with Crippen LogP contribution in [-0.4, -0.2) is 30.4 Å². The summed E-state index contributed by atoms with van der Waals surface area (Å²) in [5, 5.41) is 17.7. The fourth-order valence-electron chi connectivity index (χ4n) is 1.25. The molecule has 3 N–H and O–H groups in total. The highest BCUT2D eigenvalue weighted by atomic mass is 15.5. The van der Waals surface area contributed by atoms with E-state index in [1.807, 2.05) is 10.9 Å². The first-order chi connectivity index (χ1) is 7.18. The second-order valence-corrected chi connectivity index (χ2v) is 3.60. The maximum atomic E-state index is 5.94. The second kappa shape index (κ2) is 3.77. The van der Waals surface area contributed by atoms with Crippen LogP contribution >= 0.6 is 0 Å². The zero-order chi connectivity index (χ0) is 10.8. The molecule has 0 amide bonds. The first kappa shape index (κ1) is 9.78. The number of nitrogens with two attached hydrogens (primary N) is 1. The zero-order valence-corrected chi connectivity index (χ0v) is 8.62. The van der Waals surface area contributed by atoms with E-state index < -0.39 is 0 Å². The molecule has 2 aromatic heterocycles. The zero-order valence-electron chi connectivity index (χ0n) is 8.62. The molecule has 80 valence electrons. The molecule has 0 aliphatic heterocycles. The van der Waals surface area contributed by atoms with Crippen LogP contribution in [-0.2, 0) is 0 Å². The molecule has 1 atom stereocenters. The van der Waals surface area contributed by atoms with Gasteiger partial charge in [-0.05, 0) is 13.8 Å². The van der Waals surface area contributed by atoms with E-state index in [1.165, 1.54) is 0 Å². The van der Waals surface area contributed by atoms with Gasteiger partial charge in [-0.15, -0.1) is 10.2 Å². The Morgan fingerprint density at radius 1 is 1.47 bits per heavy atom. The van der Waals surface area contributed by atoms with E-state index in [9.17, 15) is 0 Å². The van der Waals surface area contributed by atoms with Crippen molar-refractivity contribution in [2.24, 2.45) is 5.73 Å². The fraction of sp³-hybridized carbons (Fsp3) is 0.500. The number of aromatic nitrogens is 6. The van der Waals surface area contributed by atoms with Crippen LogP contribution in [0.1, 0.15) is 37.3 Å². The van der Waals surface area contributed by atoms with Gasteiger partial charge in [-0.25, -0.2) is 0 Å². The van der Waals surface area contributed by atoms with Gasteiger partial charge in [0.25, 0.3) is 0 Å².